The molecule has 1 spiro atoms. The number of nitrogen functional groups attached to an aromatic ring is 1. The summed E-state index contributed by atoms with van der Waals surface area (Å²) in [6.07, 6.45) is 6.62. The van der Waals surface area contributed by atoms with Gasteiger partial charge in [0.15, 0.2) is 5.13 Å². The molecule has 1 aromatic heterocycles. The van der Waals surface area contributed by atoms with Crippen molar-refractivity contribution in [2.45, 2.75) is 44.1 Å². The van der Waals surface area contributed by atoms with Crippen LogP contribution in [0.2, 0.25) is 0 Å². The van der Waals surface area contributed by atoms with Crippen LogP contribution in [-0.2, 0) is 21.6 Å². The Morgan fingerprint density at radius 2 is 2.00 bits per heavy atom. The average Bonchev–Trinajstić information content (AvgIpc) is 3.36. The Morgan fingerprint density at radius 3 is 2.69 bits per heavy atom. The number of nitrogens with zero attached hydrogens (tertiary/aromatic N) is 4. The molecule has 5 rings (SSSR count). The van der Waals surface area contributed by atoms with E-state index in [1.54, 1.807) is 18.4 Å². The normalized spacial score (nSPS) is 22.4. The number of anilines is 1. The summed E-state index contributed by atoms with van der Waals surface area (Å²) in [6.45, 7) is 4.45. The predicted octanol–water partition coefficient (Wildman–Crippen LogP) is 3.25. The van der Waals surface area contributed by atoms with Gasteiger partial charge in [-0.3, -0.25) is 9.69 Å². The average molecular weight is 454 g/mol. The van der Waals surface area contributed by atoms with Crippen LogP contribution in [-0.4, -0.2) is 59.7 Å². The molecule has 2 saturated heterocycles. The summed E-state index contributed by atoms with van der Waals surface area (Å²) >= 11 is 1.55. The molecule has 0 atom stereocenters. The molecular weight excluding hydrogens is 422 g/mol. The molecule has 2 N–H and O–H groups in total. The van der Waals surface area contributed by atoms with Gasteiger partial charge in [-0.05, 0) is 44.3 Å². The van der Waals surface area contributed by atoms with E-state index in [4.69, 9.17) is 10.6 Å². The summed E-state index contributed by atoms with van der Waals surface area (Å²) in [5.41, 5.74) is 9.46. The van der Waals surface area contributed by atoms with E-state index in [2.05, 4.69) is 44.2 Å². The number of piperidine rings is 2. The number of carbonyl (C=O) groups is 1. The molecule has 0 bridgehead atoms. The van der Waals surface area contributed by atoms with Crippen molar-refractivity contribution in [2.24, 2.45) is 11.1 Å². The lowest BCUT2D eigenvalue weighted by molar-refractivity contribution is -0.138. The number of carbonyl (C=O) groups excluding carboxylic acids is 1. The SMILES string of the molecule is CON=C1CC2(CCN(C(=O)C3CCN(Cc4cnc(N)s4)CC3)CC2)c2ccccc21. The molecule has 2 aromatic rings. The highest BCUT2D eigenvalue weighted by molar-refractivity contribution is 7.15. The Labute approximate surface area is 193 Å². The molecule has 1 amide bonds. The molecule has 3 aliphatic rings. The van der Waals surface area contributed by atoms with E-state index < -0.39 is 0 Å². The first kappa shape index (κ1) is 21.4. The molecule has 1 aromatic carbocycles. The second kappa shape index (κ2) is 8.83. The van der Waals surface area contributed by atoms with Crippen molar-refractivity contribution in [2.75, 3.05) is 39.0 Å². The highest BCUT2D eigenvalue weighted by atomic mass is 32.1. The van der Waals surface area contributed by atoms with Crippen molar-refractivity contribution in [3.05, 3.63) is 46.5 Å². The van der Waals surface area contributed by atoms with Gasteiger partial charge in [-0.2, -0.15) is 0 Å². The van der Waals surface area contributed by atoms with Crippen molar-refractivity contribution in [3.63, 3.8) is 0 Å². The molecular formula is C24H31N5O2S. The minimum Gasteiger partial charge on any atom is -0.399 e. The number of amides is 1. The first-order chi connectivity index (χ1) is 15.6. The van der Waals surface area contributed by atoms with Crippen molar-refractivity contribution >= 4 is 28.1 Å². The highest BCUT2D eigenvalue weighted by Crippen LogP contribution is 2.46. The van der Waals surface area contributed by atoms with Gasteiger partial charge in [0.2, 0.25) is 5.91 Å². The standard InChI is InChI=1S/C24H31N5O2S/c1-31-27-21-14-24(20-5-3-2-4-19(20)21)8-12-29(13-9-24)22(30)17-6-10-28(11-7-17)16-18-15-26-23(25)32-18/h2-5,15,17H,6-14,16H2,1H3,(H2,25,26). The molecule has 0 radical (unpaired) electrons. The zero-order valence-electron chi connectivity index (χ0n) is 18.6. The van der Waals surface area contributed by atoms with Crippen molar-refractivity contribution in [3.8, 4) is 0 Å². The van der Waals surface area contributed by atoms with Crippen molar-refractivity contribution in [1.29, 1.82) is 0 Å². The number of rotatable bonds is 4. The fourth-order valence-corrected chi connectivity index (χ4v) is 6.44. The van der Waals surface area contributed by atoms with Crippen LogP contribution in [0.15, 0.2) is 35.6 Å². The van der Waals surface area contributed by atoms with Gasteiger partial charge >= 0.3 is 0 Å². The van der Waals surface area contributed by atoms with Gasteiger partial charge in [0.25, 0.3) is 0 Å². The lowest BCUT2D eigenvalue weighted by Gasteiger charge is -2.42. The summed E-state index contributed by atoms with van der Waals surface area (Å²) in [7, 11) is 1.61. The van der Waals surface area contributed by atoms with E-state index in [1.807, 2.05) is 6.20 Å². The topological polar surface area (TPSA) is 84.0 Å². The van der Waals surface area contributed by atoms with Crippen LogP contribution in [0.25, 0.3) is 0 Å². The van der Waals surface area contributed by atoms with Crippen molar-refractivity contribution in [1.82, 2.24) is 14.8 Å². The summed E-state index contributed by atoms with van der Waals surface area (Å²) in [5.74, 6) is 0.493. The number of aromatic nitrogens is 1. The monoisotopic (exact) mass is 453 g/mol. The van der Waals surface area contributed by atoms with Gasteiger partial charge in [-0.25, -0.2) is 4.98 Å². The van der Waals surface area contributed by atoms with E-state index in [1.165, 1.54) is 16.0 Å². The van der Waals surface area contributed by atoms with Gasteiger partial charge in [0.05, 0.1) is 5.71 Å². The number of hydrogen-bond acceptors (Lipinski definition) is 7. The Morgan fingerprint density at radius 1 is 1.25 bits per heavy atom. The number of nitrogens with two attached hydrogens (primary N) is 1. The van der Waals surface area contributed by atoms with Crippen LogP contribution in [0.5, 0.6) is 0 Å². The minimum atomic E-state index is 0.0880. The maximum absolute atomic E-state index is 13.3. The zero-order valence-corrected chi connectivity index (χ0v) is 19.4. The number of fused-ring (bicyclic) bond motifs is 2. The second-order valence-corrected chi connectivity index (χ2v) is 10.4. The quantitative estimate of drug-likeness (QED) is 0.719. The molecule has 1 aliphatic carbocycles. The Kier molecular flexibility index (Phi) is 5.90. The van der Waals surface area contributed by atoms with Crippen LogP contribution in [0.3, 0.4) is 0 Å². The van der Waals surface area contributed by atoms with E-state index in [0.29, 0.717) is 11.0 Å². The summed E-state index contributed by atoms with van der Waals surface area (Å²) < 4.78 is 0. The Bertz CT molecular complexity index is 1000. The van der Waals surface area contributed by atoms with Crippen molar-refractivity contribution < 1.29 is 9.63 Å². The van der Waals surface area contributed by atoms with Crippen LogP contribution >= 0.6 is 11.3 Å². The molecule has 8 heteroatoms. The maximum Gasteiger partial charge on any atom is 0.225 e. The number of likely N-dealkylation sites (tertiary alicyclic amines) is 2. The molecule has 2 aliphatic heterocycles. The number of oxime groups is 1. The van der Waals surface area contributed by atoms with Gasteiger partial charge in [0, 0.05) is 54.0 Å². The predicted molar refractivity (Wildman–Crippen MR) is 127 cm³/mol. The van der Waals surface area contributed by atoms with E-state index >= 15 is 0 Å². The smallest absolute Gasteiger partial charge is 0.225 e. The largest absolute Gasteiger partial charge is 0.399 e. The Balaban J connectivity index is 1.17. The minimum absolute atomic E-state index is 0.0880. The molecule has 0 unspecified atom stereocenters. The van der Waals surface area contributed by atoms with Crippen LogP contribution in [0.1, 0.15) is 48.1 Å². The van der Waals surface area contributed by atoms with Gasteiger partial charge in [-0.15, -0.1) is 11.3 Å². The molecule has 2 fully saturated rings. The van der Waals surface area contributed by atoms with Crippen LogP contribution in [0.4, 0.5) is 5.13 Å². The highest BCUT2D eigenvalue weighted by Gasteiger charge is 2.45. The van der Waals surface area contributed by atoms with E-state index in [0.717, 1.165) is 70.5 Å². The third kappa shape index (κ3) is 4.01. The lowest BCUT2D eigenvalue weighted by Crippen LogP contribution is -2.48. The summed E-state index contributed by atoms with van der Waals surface area (Å²) in [4.78, 5) is 28.3. The summed E-state index contributed by atoms with van der Waals surface area (Å²) in [6, 6.07) is 8.56. The third-order valence-corrected chi connectivity index (χ3v) is 8.25. The molecule has 0 saturated carbocycles. The van der Waals surface area contributed by atoms with Gasteiger partial charge in [0.1, 0.15) is 7.11 Å². The zero-order chi connectivity index (χ0) is 22.1. The van der Waals surface area contributed by atoms with Crippen LogP contribution < -0.4 is 5.73 Å². The van der Waals surface area contributed by atoms with E-state index in [9.17, 15) is 4.79 Å². The molecule has 170 valence electrons. The second-order valence-electron chi connectivity index (χ2n) is 9.26. The third-order valence-electron chi connectivity index (χ3n) is 7.44. The lowest BCUT2D eigenvalue weighted by atomic mass is 9.73. The first-order valence-electron chi connectivity index (χ1n) is 11.5. The molecule has 32 heavy (non-hydrogen) atoms. The fourth-order valence-electron chi connectivity index (χ4n) is 5.71. The first-order valence-corrected chi connectivity index (χ1v) is 12.3. The molecule has 7 nitrogen and oxygen atoms in total. The fraction of sp³-hybridized carbons (Fsp3) is 0.542. The molecule has 3 heterocycles. The summed E-state index contributed by atoms with van der Waals surface area (Å²) in [5, 5.41) is 4.93. The number of thiazole rings is 1. The van der Waals surface area contributed by atoms with Crippen LogP contribution in [0, 0.1) is 5.92 Å². The maximum atomic E-state index is 13.3. The van der Waals surface area contributed by atoms with E-state index in [-0.39, 0.29) is 11.3 Å². The number of benzene rings is 1. The Hall–Kier alpha value is -2.45. The number of hydrogen-bond donors (Lipinski definition) is 1. The van der Waals surface area contributed by atoms with Gasteiger partial charge < -0.3 is 15.5 Å². The van der Waals surface area contributed by atoms with Gasteiger partial charge in [-0.1, -0.05) is 29.4 Å².